The van der Waals surface area contributed by atoms with E-state index in [1.165, 1.54) is 38.8 Å². The summed E-state index contributed by atoms with van der Waals surface area (Å²) in [5, 5.41) is 0. The van der Waals surface area contributed by atoms with Gasteiger partial charge < -0.3 is 14.7 Å². The Bertz CT molecular complexity index is 512. The van der Waals surface area contributed by atoms with Gasteiger partial charge in [-0.15, -0.1) is 0 Å². The molecule has 4 aliphatic rings. The molecule has 27 heavy (non-hydrogen) atoms. The number of likely N-dealkylation sites (tertiary alicyclic amines) is 4. The first-order valence-corrected chi connectivity index (χ1v) is 11.2. The average molecular weight is 377 g/mol. The molecule has 0 aromatic rings. The van der Waals surface area contributed by atoms with E-state index >= 15 is 0 Å². The lowest BCUT2D eigenvalue weighted by Gasteiger charge is -2.38. The summed E-state index contributed by atoms with van der Waals surface area (Å²) in [5.41, 5.74) is 0. The van der Waals surface area contributed by atoms with Gasteiger partial charge in [0.2, 0.25) is 11.8 Å². The minimum atomic E-state index is 0.142. The van der Waals surface area contributed by atoms with E-state index in [4.69, 9.17) is 0 Å². The molecule has 4 saturated heterocycles. The predicted molar refractivity (Wildman–Crippen MR) is 105 cm³/mol. The average Bonchev–Trinajstić information content (AvgIpc) is 3.42. The molecule has 2 amide bonds. The molecule has 0 aromatic heterocycles. The largest absolute Gasteiger partial charge is 0.342 e. The maximum Gasteiger partial charge on any atom is 0.236 e. The maximum absolute atomic E-state index is 12.7. The maximum atomic E-state index is 12.7. The highest BCUT2D eigenvalue weighted by Crippen LogP contribution is 2.23. The van der Waals surface area contributed by atoms with Crippen molar-refractivity contribution >= 4 is 11.8 Å². The molecule has 6 heteroatoms. The van der Waals surface area contributed by atoms with Crippen LogP contribution in [0.5, 0.6) is 0 Å². The Morgan fingerprint density at radius 3 is 1.89 bits per heavy atom. The smallest absolute Gasteiger partial charge is 0.236 e. The van der Waals surface area contributed by atoms with Crippen LogP contribution in [0, 0.1) is 5.92 Å². The topological polar surface area (TPSA) is 47.1 Å². The van der Waals surface area contributed by atoms with Gasteiger partial charge in [-0.1, -0.05) is 0 Å². The van der Waals surface area contributed by atoms with Crippen LogP contribution in [0.1, 0.15) is 51.4 Å². The van der Waals surface area contributed by atoms with E-state index < -0.39 is 0 Å². The van der Waals surface area contributed by atoms with Crippen LogP contribution in [-0.4, -0.2) is 96.4 Å². The lowest BCUT2D eigenvalue weighted by molar-refractivity contribution is -0.140. The van der Waals surface area contributed by atoms with Gasteiger partial charge in [0.15, 0.2) is 0 Å². The van der Waals surface area contributed by atoms with E-state index in [1.54, 1.807) is 0 Å². The molecule has 0 saturated carbocycles. The monoisotopic (exact) mass is 376 g/mol. The van der Waals surface area contributed by atoms with Crippen LogP contribution < -0.4 is 0 Å². The summed E-state index contributed by atoms with van der Waals surface area (Å²) in [6.07, 6.45) is 9.12. The molecule has 4 heterocycles. The van der Waals surface area contributed by atoms with Crippen LogP contribution in [0.2, 0.25) is 0 Å². The van der Waals surface area contributed by atoms with Crippen LogP contribution in [0.4, 0.5) is 0 Å². The Morgan fingerprint density at radius 2 is 1.26 bits per heavy atom. The number of carbonyl (C=O) groups is 2. The molecule has 0 N–H and O–H groups in total. The van der Waals surface area contributed by atoms with E-state index in [0.717, 1.165) is 71.0 Å². The molecule has 0 aromatic carbocycles. The van der Waals surface area contributed by atoms with Crippen molar-refractivity contribution in [2.45, 2.75) is 57.4 Å². The highest BCUT2D eigenvalue weighted by Gasteiger charge is 2.32. The molecule has 0 bridgehead atoms. The molecule has 0 spiro atoms. The highest BCUT2D eigenvalue weighted by molar-refractivity contribution is 5.81. The van der Waals surface area contributed by atoms with Crippen molar-refractivity contribution in [1.29, 1.82) is 0 Å². The highest BCUT2D eigenvalue weighted by atomic mass is 16.2. The summed E-state index contributed by atoms with van der Waals surface area (Å²) >= 11 is 0. The number of rotatable bonds is 4. The molecular formula is C21H36N4O2. The fourth-order valence-corrected chi connectivity index (χ4v) is 5.41. The summed E-state index contributed by atoms with van der Waals surface area (Å²) in [4.78, 5) is 34.3. The molecule has 0 unspecified atom stereocenters. The van der Waals surface area contributed by atoms with Crippen molar-refractivity contribution in [1.82, 2.24) is 19.6 Å². The fourth-order valence-electron chi connectivity index (χ4n) is 5.41. The van der Waals surface area contributed by atoms with Crippen molar-refractivity contribution in [3.63, 3.8) is 0 Å². The van der Waals surface area contributed by atoms with Crippen LogP contribution >= 0.6 is 0 Å². The zero-order chi connectivity index (χ0) is 18.6. The Labute approximate surface area is 163 Å². The second kappa shape index (κ2) is 8.91. The number of hydrogen-bond acceptors (Lipinski definition) is 4. The standard InChI is InChI=1S/C21H36N4O2/c26-20(17-22-13-7-19(8-14-22)23-9-1-2-10-23)24-15-5-18(6-16-24)21(27)25-11-3-4-12-25/h18-19H,1-17H2. The molecule has 0 atom stereocenters. The first kappa shape index (κ1) is 19.2. The Morgan fingerprint density at radius 1 is 0.667 bits per heavy atom. The van der Waals surface area contributed by atoms with Gasteiger partial charge in [0.25, 0.3) is 0 Å². The van der Waals surface area contributed by atoms with Gasteiger partial charge in [-0.05, 0) is 64.5 Å². The molecular weight excluding hydrogens is 340 g/mol. The Kier molecular flexibility index (Phi) is 6.33. The second-order valence-corrected chi connectivity index (χ2v) is 8.94. The minimum absolute atomic E-state index is 0.142. The third-order valence-corrected chi connectivity index (χ3v) is 7.19. The van der Waals surface area contributed by atoms with Crippen molar-refractivity contribution in [2.75, 3.05) is 58.9 Å². The van der Waals surface area contributed by atoms with Crippen molar-refractivity contribution < 1.29 is 9.59 Å². The van der Waals surface area contributed by atoms with Crippen LogP contribution in [-0.2, 0) is 9.59 Å². The normalized spacial score (nSPS) is 26.8. The number of piperidine rings is 2. The Hall–Kier alpha value is -1.14. The van der Waals surface area contributed by atoms with E-state index in [-0.39, 0.29) is 11.8 Å². The third-order valence-electron chi connectivity index (χ3n) is 7.19. The first-order chi connectivity index (χ1) is 13.2. The minimum Gasteiger partial charge on any atom is -0.342 e. The number of carbonyl (C=O) groups excluding carboxylic acids is 2. The van der Waals surface area contributed by atoms with Crippen molar-refractivity contribution in [3.05, 3.63) is 0 Å². The van der Waals surface area contributed by atoms with Gasteiger partial charge in [0.05, 0.1) is 6.54 Å². The van der Waals surface area contributed by atoms with Crippen molar-refractivity contribution in [2.24, 2.45) is 5.92 Å². The molecule has 152 valence electrons. The van der Waals surface area contributed by atoms with Crippen molar-refractivity contribution in [3.8, 4) is 0 Å². The first-order valence-electron chi connectivity index (χ1n) is 11.2. The summed E-state index contributed by atoms with van der Waals surface area (Å²) in [6, 6.07) is 0.742. The second-order valence-electron chi connectivity index (χ2n) is 8.94. The van der Waals surface area contributed by atoms with E-state index in [9.17, 15) is 9.59 Å². The summed E-state index contributed by atoms with van der Waals surface area (Å²) < 4.78 is 0. The summed E-state index contributed by atoms with van der Waals surface area (Å²) in [5.74, 6) is 0.744. The molecule has 0 radical (unpaired) electrons. The fraction of sp³-hybridized carbons (Fsp3) is 0.905. The summed E-state index contributed by atoms with van der Waals surface area (Å²) in [7, 11) is 0. The van der Waals surface area contributed by atoms with Crippen LogP contribution in [0.3, 0.4) is 0 Å². The van der Waals surface area contributed by atoms with Gasteiger partial charge in [-0.2, -0.15) is 0 Å². The third kappa shape index (κ3) is 4.65. The zero-order valence-electron chi connectivity index (χ0n) is 16.8. The molecule has 4 fully saturated rings. The van der Waals surface area contributed by atoms with E-state index in [0.29, 0.717) is 12.5 Å². The molecule has 4 aliphatic heterocycles. The van der Waals surface area contributed by atoms with Gasteiger partial charge in [-0.25, -0.2) is 0 Å². The predicted octanol–water partition coefficient (Wildman–Crippen LogP) is 1.41. The van der Waals surface area contributed by atoms with Crippen LogP contribution in [0.15, 0.2) is 0 Å². The van der Waals surface area contributed by atoms with E-state index in [1.807, 2.05) is 9.80 Å². The van der Waals surface area contributed by atoms with Gasteiger partial charge in [0, 0.05) is 51.2 Å². The Balaban J connectivity index is 1.17. The van der Waals surface area contributed by atoms with Gasteiger partial charge in [0.1, 0.15) is 0 Å². The summed E-state index contributed by atoms with van der Waals surface area (Å²) in [6.45, 7) is 8.60. The molecule has 6 nitrogen and oxygen atoms in total. The van der Waals surface area contributed by atoms with Crippen LogP contribution in [0.25, 0.3) is 0 Å². The number of amides is 2. The number of hydrogen-bond donors (Lipinski definition) is 0. The lowest BCUT2D eigenvalue weighted by Crippen LogP contribution is -2.49. The SMILES string of the molecule is O=C(CN1CCC(N2CCCC2)CC1)N1CCC(C(=O)N2CCCC2)CC1. The van der Waals surface area contributed by atoms with E-state index in [2.05, 4.69) is 9.80 Å². The zero-order valence-corrected chi connectivity index (χ0v) is 16.8. The molecule has 4 rings (SSSR count). The molecule has 0 aliphatic carbocycles. The van der Waals surface area contributed by atoms with Gasteiger partial charge in [-0.3, -0.25) is 14.5 Å². The quantitative estimate of drug-likeness (QED) is 0.744. The lowest BCUT2D eigenvalue weighted by atomic mass is 9.95. The van der Waals surface area contributed by atoms with Gasteiger partial charge >= 0.3 is 0 Å². The number of nitrogens with zero attached hydrogens (tertiary/aromatic N) is 4.